The van der Waals surface area contributed by atoms with Gasteiger partial charge < -0.3 is 14.2 Å². The number of carbonyl (C=O) groups is 3. The molecule has 26 heavy (non-hydrogen) atoms. The van der Waals surface area contributed by atoms with E-state index in [1.165, 1.54) is 14.2 Å². The quantitative estimate of drug-likeness (QED) is 0.311. The van der Waals surface area contributed by atoms with Crippen LogP contribution in [0.1, 0.15) is 19.8 Å². The average molecular weight is 380 g/mol. The predicted octanol–water partition coefficient (Wildman–Crippen LogP) is 2.70. The standard InChI is InChI=1S/C19H24O6S/c1-4-25-16(20)15-11-19(17(21)23-2,18(22)24-3)10-13(15)12-26-14-8-6-5-7-9-14/h5-9,13,15H,4,10-12H2,1-3H3/t13?,15-/m0/s1. The number of thioether (sulfide) groups is 1. The zero-order valence-corrected chi connectivity index (χ0v) is 16.0. The Labute approximate surface area is 157 Å². The van der Waals surface area contributed by atoms with Crippen molar-refractivity contribution in [3.05, 3.63) is 30.3 Å². The van der Waals surface area contributed by atoms with Gasteiger partial charge in [0.1, 0.15) is 0 Å². The number of ether oxygens (including phenoxy) is 3. The summed E-state index contributed by atoms with van der Waals surface area (Å²) in [6, 6.07) is 9.76. The minimum absolute atomic E-state index is 0.0468. The van der Waals surface area contributed by atoms with Gasteiger partial charge in [0.2, 0.25) is 0 Å². The molecule has 1 aliphatic rings. The third-order valence-electron chi connectivity index (χ3n) is 4.70. The van der Waals surface area contributed by atoms with Crippen molar-refractivity contribution in [2.45, 2.75) is 24.7 Å². The molecule has 0 amide bonds. The van der Waals surface area contributed by atoms with Crippen molar-refractivity contribution >= 4 is 29.7 Å². The highest BCUT2D eigenvalue weighted by molar-refractivity contribution is 7.99. The zero-order chi connectivity index (χ0) is 19.2. The molecule has 1 fully saturated rings. The minimum Gasteiger partial charge on any atom is -0.468 e. The van der Waals surface area contributed by atoms with Gasteiger partial charge in [-0.15, -0.1) is 11.8 Å². The topological polar surface area (TPSA) is 78.9 Å². The van der Waals surface area contributed by atoms with E-state index in [-0.39, 0.29) is 31.3 Å². The maximum absolute atomic E-state index is 12.4. The number of hydrogen-bond acceptors (Lipinski definition) is 7. The Morgan fingerprint density at radius 3 is 2.23 bits per heavy atom. The van der Waals surface area contributed by atoms with Crippen molar-refractivity contribution in [3.63, 3.8) is 0 Å². The number of methoxy groups -OCH3 is 2. The second-order valence-electron chi connectivity index (χ2n) is 6.22. The molecule has 2 atom stereocenters. The van der Waals surface area contributed by atoms with Gasteiger partial charge in [-0.1, -0.05) is 18.2 Å². The molecule has 1 unspecified atom stereocenters. The molecule has 2 rings (SSSR count). The number of hydrogen-bond donors (Lipinski definition) is 0. The van der Waals surface area contributed by atoms with Gasteiger partial charge in [-0.3, -0.25) is 14.4 Å². The second-order valence-corrected chi connectivity index (χ2v) is 7.31. The third kappa shape index (κ3) is 4.20. The van der Waals surface area contributed by atoms with E-state index in [0.29, 0.717) is 5.75 Å². The van der Waals surface area contributed by atoms with Crippen LogP contribution in [-0.4, -0.2) is 44.5 Å². The highest BCUT2D eigenvalue weighted by Crippen LogP contribution is 2.49. The molecule has 7 heteroatoms. The maximum atomic E-state index is 12.4. The van der Waals surface area contributed by atoms with E-state index in [4.69, 9.17) is 14.2 Å². The van der Waals surface area contributed by atoms with Gasteiger partial charge in [0.05, 0.1) is 26.7 Å². The van der Waals surface area contributed by atoms with Crippen LogP contribution >= 0.6 is 11.8 Å². The lowest BCUT2D eigenvalue weighted by Gasteiger charge is -2.23. The zero-order valence-electron chi connectivity index (χ0n) is 15.2. The summed E-state index contributed by atoms with van der Waals surface area (Å²) in [5, 5.41) is 0. The van der Waals surface area contributed by atoms with Crippen LogP contribution < -0.4 is 0 Å². The molecule has 1 aromatic carbocycles. The molecular weight excluding hydrogens is 356 g/mol. The fourth-order valence-electron chi connectivity index (χ4n) is 3.44. The summed E-state index contributed by atoms with van der Waals surface area (Å²) in [6.45, 7) is 1.98. The Kier molecular flexibility index (Phi) is 7.08. The fourth-order valence-corrected chi connectivity index (χ4v) is 4.55. The monoisotopic (exact) mass is 380 g/mol. The molecule has 0 heterocycles. The van der Waals surface area contributed by atoms with E-state index in [0.717, 1.165) is 4.90 Å². The average Bonchev–Trinajstić information content (AvgIpc) is 3.07. The van der Waals surface area contributed by atoms with Gasteiger partial charge in [-0.2, -0.15) is 0 Å². The summed E-state index contributed by atoms with van der Waals surface area (Å²) in [4.78, 5) is 38.3. The lowest BCUT2D eigenvalue weighted by molar-refractivity contribution is -0.169. The van der Waals surface area contributed by atoms with E-state index in [9.17, 15) is 14.4 Å². The summed E-state index contributed by atoms with van der Waals surface area (Å²) in [5.41, 5.74) is -1.46. The lowest BCUT2D eigenvalue weighted by atomic mass is 9.85. The number of carbonyl (C=O) groups excluding carboxylic acids is 3. The van der Waals surface area contributed by atoms with Gasteiger partial charge in [0.25, 0.3) is 0 Å². The summed E-state index contributed by atoms with van der Waals surface area (Å²) < 4.78 is 14.9. The van der Waals surface area contributed by atoms with Crippen molar-refractivity contribution in [2.75, 3.05) is 26.6 Å². The summed E-state index contributed by atoms with van der Waals surface area (Å²) >= 11 is 1.58. The largest absolute Gasteiger partial charge is 0.468 e. The molecule has 0 aromatic heterocycles. The normalized spacial score (nSPS) is 21.0. The van der Waals surface area contributed by atoms with Crippen molar-refractivity contribution < 1.29 is 28.6 Å². The molecule has 142 valence electrons. The molecule has 1 aliphatic carbocycles. The number of benzene rings is 1. The van der Waals surface area contributed by atoms with Crippen LogP contribution in [0.15, 0.2) is 35.2 Å². The first-order valence-corrected chi connectivity index (χ1v) is 9.48. The van der Waals surface area contributed by atoms with Gasteiger partial charge in [0.15, 0.2) is 5.41 Å². The van der Waals surface area contributed by atoms with Gasteiger partial charge in [0, 0.05) is 10.6 Å². The van der Waals surface area contributed by atoms with Crippen LogP contribution in [0.2, 0.25) is 0 Å². The Bertz CT molecular complexity index is 629. The van der Waals surface area contributed by atoms with Crippen LogP contribution in [0, 0.1) is 17.3 Å². The maximum Gasteiger partial charge on any atom is 0.323 e. The first-order chi connectivity index (χ1) is 12.5. The Balaban J connectivity index is 2.25. The van der Waals surface area contributed by atoms with Gasteiger partial charge in [-0.05, 0) is 37.8 Å². The van der Waals surface area contributed by atoms with Crippen LogP contribution in [0.4, 0.5) is 0 Å². The van der Waals surface area contributed by atoms with Crippen molar-refractivity contribution in [2.24, 2.45) is 17.3 Å². The van der Waals surface area contributed by atoms with E-state index in [1.54, 1.807) is 18.7 Å². The molecule has 0 aliphatic heterocycles. The highest BCUT2D eigenvalue weighted by Gasteiger charge is 2.59. The summed E-state index contributed by atoms with van der Waals surface area (Å²) in [7, 11) is 2.47. The molecule has 6 nitrogen and oxygen atoms in total. The van der Waals surface area contributed by atoms with E-state index in [2.05, 4.69) is 0 Å². The first-order valence-electron chi connectivity index (χ1n) is 8.49. The van der Waals surface area contributed by atoms with Crippen molar-refractivity contribution in [3.8, 4) is 0 Å². The smallest absolute Gasteiger partial charge is 0.323 e. The Morgan fingerprint density at radius 1 is 1.08 bits per heavy atom. The van der Waals surface area contributed by atoms with E-state index < -0.39 is 23.3 Å². The number of esters is 3. The molecule has 0 bridgehead atoms. The first kappa shape index (κ1) is 20.3. The molecular formula is C19H24O6S. The Hall–Kier alpha value is -2.02. The predicted molar refractivity (Wildman–Crippen MR) is 96.5 cm³/mol. The van der Waals surface area contributed by atoms with Gasteiger partial charge >= 0.3 is 17.9 Å². The lowest BCUT2D eigenvalue weighted by Crippen LogP contribution is -2.39. The highest BCUT2D eigenvalue weighted by atomic mass is 32.2. The fraction of sp³-hybridized carbons (Fsp3) is 0.526. The molecule has 0 saturated heterocycles. The molecule has 0 N–H and O–H groups in total. The SMILES string of the molecule is CCOC(=O)[C@H]1CC(C(=O)OC)(C(=O)OC)CC1CSc1ccccc1. The van der Waals surface area contributed by atoms with Crippen LogP contribution in [0.25, 0.3) is 0 Å². The van der Waals surface area contributed by atoms with E-state index in [1.807, 2.05) is 30.3 Å². The summed E-state index contributed by atoms with van der Waals surface area (Å²) in [6.07, 6.45) is 0.251. The molecule has 1 aromatic rings. The third-order valence-corrected chi connectivity index (χ3v) is 5.90. The minimum atomic E-state index is -1.46. The van der Waals surface area contributed by atoms with Crippen LogP contribution in [0.3, 0.4) is 0 Å². The summed E-state index contributed by atoms with van der Waals surface area (Å²) in [5.74, 6) is -1.87. The van der Waals surface area contributed by atoms with Crippen molar-refractivity contribution in [1.82, 2.24) is 0 Å². The van der Waals surface area contributed by atoms with E-state index >= 15 is 0 Å². The number of rotatable bonds is 7. The molecule has 0 radical (unpaired) electrons. The van der Waals surface area contributed by atoms with Crippen LogP contribution in [0.5, 0.6) is 0 Å². The van der Waals surface area contributed by atoms with Crippen LogP contribution in [-0.2, 0) is 28.6 Å². The van der Waals surface area contributed by atoms with Gasteiger partial charge in [-0.25, -0.2) is 0 Å². The molecule has 0 spiro atoms. The molecule has 1 saturated carbocycles. The van der Waals surface area contributed by atoms with Crippen molar-refractivity contribution in [1.29, 1.82) is 0 Å². The second kappa shape index (κ2) is 9.07. The Morgan fingerprint density at radius 2 is 1.69 bits per heavy atom.